The maximum absolute atomic E-state index is 12.6. The Morgan fingerprint density at radius 3 is 2.31 bits per heavy atom. The minimum atomic E-state index is -4.47. The van der Waals surface area contributed by atoms with Gasteiger partial charge < -0.3 is 5.11 Å². The molecule has 0 aliphatic heterocycles. The van der Waals surface area contributed by atoms with Gasteiger partial charge in [-0.1, -0.05) is 18.9 Å². The van der Waals surface area contributed by atoms with E-state index in [1.165, 1.54) is 0 Å². The minimum Gasteiger partial charge on any atom is -0.507 e. The molecule has 4 heteroatoms. The van der Waals surface area contributed by atoms with Gasteiger partial charge in [0.05, 0.1) is 5.56 Å². The number of benzene rings is 1. The Morgan fingerprint density at radius 2 is 1.75 bits per heavy atom. The van der Waals surface area contributed by atoms with Crippen molar-refractivity contribution in [2.45, 2.75) is 37.8 Å². The molecule has 0 unspecified atom stereocenters. The Kier molecular flexibility index (Phi) is 2.82. The van der Waals surface area contributed by atoms with Gasteiger partial charge in [-0.05, 0) is 36.5 Å². The van der Waals surface area contributed by atoms with E-state index in [0.717, 1.165) is 37.8 Å². The van der Waals surface area contributed by atoms with Gasteiger partial charge in [-0.25, -0.2) is 0 Å². The van der Waals surface area contributed by atoms with Crippen molar-refractivity contribution in [2.24, 2.45) is 0 Å². The SMILES string of the molecule is Oc1ccc(C2CCCC2)cc1C(F)(F)F. The highest BCUT2D eigenvalue weighted by Crippen LogP contribution is 2.40. The van der Waals surface area contributed by atoms with Crippen molar-refractivity contribution >= 4 is 0 Å². The Hall–Kier alpha value is -1.19. The number of rotatable bonds is 1. The number of alkyl halides is 3. The van der Waals surface area contributed by atoms with E-state index in [-0.39, 0.29) is 5.92 Å². The van der Waals surface area contributed by atoms with Crippen LogP contribution >= 0.6 is 0 Å². The molecule has 1 N–H and O–H groups in total. The lowest BCUT2D eigenvalue weighted by atomic mass is 9.95. The first-order chi connectivity index (χ1) is 7.48. The van der Waals surface area contributed by atoms with Gasteiger partial charge in [-0.3, -0.25) is 0 Å². The Bertz CT molecular complexity index is 378. The molecule has 2 rings (SSSR count). The van der Waals surface area contributed by atoms with Gasteiger partial charge in [0.1, 0.15) is 5.75 Å². The number of hydrogen-bond donors (Lipinski definition) is 1. The molecule has 16 heavy (non-hydrogen) atoms. The third-order valence-electron chi connectivity index (χ3n) is 3.15. The molecule has 1 aromatic carbocycles. The molecule has 0 saturated heterocycles. The predicted octanol–water partition coefficient (Wildman–Crippen LogP) is 4.07. The van der Waals surface area contributed by atoms with Gasteiger partial charge in [0.25, 0.3) is 0 Å². The van der Waals surface area contributed by atoms with Crippen LogP contribution in [0.3, 0.4) is 0 Å². The number of hydrogen-bond acceptors (Lipinski definition) is 1. The maximum atomic E-state index is 12.6. The molecule has 1 aliphatic carbocycles. The van der Waals surface area contributed by atoms with Crippen LogP contribution in [-0.4, -0.2) is 5.11 Å². The summed E-state index contributed by atoms with van der Waals surface area (Å²) in [6, 6.07) is 3.84. The molecular formula is C12H13F3O. The van der Waals surface area contributed by atoms with Gasteiger partial charge in [0, 0.05) is 0 Å². The third kappa shape index (κ3) is 2.15. The van der Waals surface area contributed by atoms with Gasteiger partial charge in [0.15, 0.2) is 0 Å². The summed E-state index contributed by atoms with van der Waals surface area (Å²) < 4.78 is 37.7. The van der Waals surface area contributed by atoms with Crippen molar-refractivity contribution in [1.82, 2.24) is 0 Å². The molecule has 0 spiro atoms. The summed E-state index contributed by atoms with van der Waals surface area (Å²) in [4.78, 5) is 0. The van der Waals surface area contributed by atoms with E-state index in [1.807, 2.05) is 0 Å². The summed E-state index contributed by atoms with van der Waals surface area (Å²) in [5, 5.41) is 9.19. The minimum absolute atomic E-state index is 0.224. The zero-order chi connectivity index (χ0) is 11.8. The molecule has 0 bridgehead atoms. The van der Waals surface area contributed by atoms with Gasteiger partial charge in [-0.15, -0.1) is 0 Å². The van der Waals surface area contributed by atoms with Crippen molar-refractivity contribution in [2.75, 3.05) is 0 Å². The lowest BCUT2D eigenvalue weighted by molar-refractivity contribution is -0.138. The lowest BCUT2D eigenvalue weighted by Gasteiger charge is -2.14. The van der Waals surface area contributed by atoms with E-state index < -0.39 is 17.5 Å². The second kappa shape index (κ2) is 4.00. The first-order valence-corrected chi connectivity index (χ1v) is 5.38. The fraction of sp³-hybridized carbons (Fsp3) is 0.500. The zero-order valence-corrected chi connectivity index (χ0v) is 8.72. The number of phenols is 1. The maximum Gasteiger partial charge on any atom is 0.419 e. The molecule has 88 valence electrons. The van der Waals surface area contributed by atoms with Crippen molar-refractivity contribution < 1.29 is 18.3 Å². The summed E-state index contributed by atoms with van der Waals surface area (Å²) in [6.07, 6.45) is -0.428. The van der Waals surface area contributed by atoms with Crippen molar-refractivity contribution in [3.05, 3.63) is 29.3 Å². The molecule has 0 heterocycles. The molecule has 1 saturated carbocycles. The van der Waals surface area contributed by atoms with Crippen molar-refractivity contribution in [1.29, 1.82) is 0 Å². The molecule has 0 aromatic heterocycles. The van der Waals surface area contributed by atoms with Crippen LogP contribution in [0.1, 0.15) is 42.7 Å². The Balaban J connectivity index is 2.35. The van der Waals surface area contributed by atoms with Crippen LogP contribution < -0.4 is 0 Å². The first kappa shape index (κ1) is 11.3. The number of halogens is 3. The van der Waals surface area contributed by atoms with Crippen LogP contribution in [0.2, 0.25) is 0 Å². The second-order valence-corrected chi connectivity index (χ2v) is 4.26. The van der Waals surface area contributed by atoms with E-state index in [0.29, 0.717) is 5.56 Å². The van der Waals surface area contributed by atoms with E-state index in [9.17, 15) is 18.3 Å². The van der Waals surface area contributed by atoms with Crippen LogP contribution in [0, 0.1) is 0 Å². The highest BCUT2D eigenvalue weighted by Gasteiger charge is 2.34. The first-order valence-electron chi connectivity index (χ1n) is 5.38. The van der Waals surface area contributed by atoms with Crippen LogP contribution in [0.25, 0.3) is 0 Å². The largest absolute Gasteiger partial charge is 0.507 e. The standard InChI is InChI=1S/C12H13F3O/c13-12(14,15)10-7-9(5-6-11(10)16)8-3-1-2-4-8/h5-8,16H,1-4H2. The van der Waals surface area contributed by atoms with Crippen LogP contribution in [0.5, 0.6) is 5.75 Å². The van der Waals surface area contributed by atoms with Gasteiger partial charge >= 0.3 is 6.18 Å². The topological polar surface area (TPSA) is 20.2 Å². The third-order valence-corrected chi connectivity index (χ3v) is 3.15. The molecule has 0 atom stereocenters. The van der Waals surface area contributed by atoms with Gasteiger partial charge in [-0.2, -0.15) is 13.2 Å². The summed E-state index contributed by atoms with van der Waals surface area (Å²) >= 11 is 0. The molecule has 1 aromatic rings. The van der Waals surface area contributed by atoms with E-state index in [2.05, 4.69) is 0 Å². The molecule has 0 amide bonds. The number of phenolic OH excluding ortho intramolecular Hbond substituents is 1. The normalized spacial score (nSPS) is 17.9. The number of aromatic hydroxyl groups is 1. The zero-order valence-electron chi connectivity index (χ0n) is 8.72. The predicted molar refractivity (Wildman–Crippen MR) is 54.3 cm³/mol. The van der Waals surface area contributed by atoms with E-state index in [1.54, 1.807) is 6.07 Å². The smallest absolute Gasteiger partial charge is 0.419 e. The van der Waals surface area contributed by atoms with Crippen molar-refractivity contribution in [3.63, 3.8) is 0 Å². The summed E-state index contributed by atoms with van der Waals surface area (Å²) in [7, 11) is 0. The fourth-order valence-corrected chi connectivity index (χ4v) is 2.29. The fourth-order valence-electron chi connectivity index (χ4n) is 2.29. The summed E-state index contributed by atoms with van der Waals surface area (Å²) in [5.74, 6) is -0.462. The molecule has 1 fully saturated rings. The molecule has 1 aliphatic rings. The van der Waals surface area contributed by atoms with E-state index in [4.69, 9.17) is 0 Å². The van der Waals surface area contributed by atoms with Crippen LogP contribution in [0.15, 0.2) is 18.2 Å². The summed E-state index contributed by atoms with van der Waals surface area (Å²) in [5.41, 5.74) is -0.223. The second-order valence-electron chi connectivity index (χ2n) is 4.26. The van der Waals surface area contributed by atoms with Crippen molar-refractivity contribution in [3.8, 4) is 5.75 Å². The average Bonchev–Trinajstić information content (AvgIpc) is 2.69. The monoisotopic (exact) mass is 230 g/mol. The highest BCUT2D eigenvalue weighted by atomic mass is 19.4. The van der Waals surface area contributed by atoms with E-state index >= 15 is 0 Å². The lowest BCUT2D eigenvalue weighted by Crippen LogP contribution is -2.06. The molecule has 0 radical (unpaired) electrons. The Morgan fingerprint density at radius 1 is 1.12 bits per heavy atom. The summed E-state index contributed by atoms with van der Waals surface area (Å²) in [6.45, 7) is 0. The van der Waals surface area contributed by atoms with Gasteiger partial charge in [0.2, 0.25) is 0 Å². The molecule has 1 nitrogen and oxygen atoms in total. The average molecular weight is 230 g/mol. The Labute approximate surface area is 91.9 Å². The molecular weight excluding hydrogens is 217 g/mol. The van der Waals surface area contributed by atoms with Crippen LogP contribution in [0.4, 0.5) is 13.2 Å². The van der Waals surface area contributed by atoms with Crippen LogP contribution in [-0.2, 0) is 6.18 Å². The highest BCUT2D eigenvalue weighted by molar-refractivity contribution is 5.39. The quantitative estimate of drug-likeness (QED) is 0.771.